The van der Waals surface area contributed by atoms with E-state index in [0.717, 1.165) is 27.7 Å². The fourth-order valence-electron chi connectivity index (χ4n) is 3.66. The van der Waals surface area contributed by atoms with Gasteiger partial charge in [0.2, 0.25) is 12.2 Å². The maximum atomic E-state index is 13.4. The van der Waals surface area contributed by atoms with Crippen LogP contribution in [-0.2, 0) is 47.7 Å². The third kappa shape index (κ3) is 10.1. The summed E-state index contributed by atoms with van der Waals surface area (Å²) in [6, 6.07) is 12.1. The molecule has 2 aromatic carbocycles. The van der Waals surface area contributed by atoms with Crippen LogP contribution in [0, 0.1) is 0 Å². The number of carbonyl (C=O) groups is 6. The van der Waals surface area contributed by atoms with Crippen LogP contribution in [0.5, 0.6) is 11.5 Å². The third-order valence-corrected chi connectivity index (χ3v) is 5.34. The molecule has 0 aromatic heterocycles. The zero-order valence-corrected chi connectivity index (χ0v) is 23.8. The molecule has 0 aliphatic rings. The van der Waals surface area contributed by atoms with Crippen LogP contribution >= 0.6 is 0 Å². The Hall–Kier alpha value is -5.14. The summed E-state index contributed by atoms with van der Waals surface area (Å²) in [4.78, 5) is 75.3. The van der Waals surface area contributed by atoms with E-state index in [2.05, 4.69) is 10.6 Å². The Morgan fingerprint density at radius 2 is 0.786 bits per heavy atom. The van der Waals surface area contributed by atoms with Gasteiger partial charge in [-0.1, -0.05) is 0 Å². The van der Waals surface area contributed by atoms with Gasteiger partial charge in [0.1, 0.15) is 11.5 Å². The summed E-state index contributed by atoms with van der Waals surface area (Å²) in [5.41, 5.74) is 0.467. The number of ether oxygens (including phenoxy) is 6. The molecule has 42 heavy (non-hydrogen) atoms. The highest BCUT2D eigenvalue weighted by molar-refractivity contribution is 5.98. The molecule has 2 amide bonds. The predicted molar refractivity (Wildman–Crippen MR) is 145 cm³/mol. The maximum Gasteiger partial charge on any atom is 0.303 e. The SMILES string of the molecule is COc1ccc(NC(=O)[C@@H](OC(C)=O)[C@H](OC(C)=O)[C@@H](OC(C)=O)[C@@H](OC(C)=O)C(=O)Nc2ccc(OC)cc2)cc1. The largest absolute Gasteiger partial charge is 0.497 e. The van der Waals surface area contributed by atoms with Gasteiger partial charge in [0, 0.05) is 39.1 Å². The van der Waals surface area contributed by atoms with Crippen molar-refractivity contribution in [3.8, 4) is 11.5 Å². The summed E-state index contributed by atoms with van der Waals surface area (Å²) >= 11 is 0. The van der Waals surface area contributed by atoms with Crippen LogP contribution in [0.25, 0.3) is 0 Å². The minimum atomic E-state index is -1.98. The summed E-state index contributed by atoms with van der Waals surface area (Å²) < 4.78 is 31.2. The Balaban J connectivity index is 2.56. The molecule has 14 heteroatoms. The first-order chi connectivity index (χ1) is 19.8. The topological polar surface area (TPSA) is 182 Å². The lowest BCUT2D eigenvalue weighted by atomic mass is 10.00. The van der Waals surface area contributed by atoms with Crippen molar-refractivity contribution in [1.29, 1.82) is 0 Å². The van der Waals surface area contributed by atoms with E-state index in [0.29, 0.717) is 11.5 Å². The molecule has 14 nitrogen and oxygen atoms in total. The van der Waals surface area contributed by atoms with Crippen molar-refractivity contribution >= 4 is 47.1 Å². The Kier molecular flexibility index (Phi) is 12.3. The Morgan fingerprint density at radius 1 is 0.500 bits per heavy atom. The Labute approximate surface area is 241 Å². The van der Waals surface area contributed by atoms with E-state index in [4.69, 9.17) is 28.4 Å². The van der Waals surface area contributed by atoms with Crippen molar-refractivity contribution in [2.45, 2.75) is 52.1 Å². The molecule has 0 fully saturated rings. The fraction of sp³-hybridized carbons (Fsp3) is 0.357. The van der Waals surface area contributed by atoms with Crippen molar-refractivity contribution in [3.63, 3.8) is 0 Å². The number of anilines is 2. The van der Waals surface area contributed by atoms with Crippen LogP contribution in [-0.4, -0.2) is 74.3 Å². The van der Waals surface area contributed by atoms with E-state index in [1.54, 1.807) is 24.3 Å². The van der Waals surface area contributed by atoms with Crippen LogP contribution in [0.4, 0.5) is 11.4 Å². The summed E-state index contributed by atoms with van der Waals surface area (Å²) in [7, 11) is 2.90. The molecular weight excluding hydrogens is 556 g/mol. The molecule has 0 heterocycles. The molecule has 2 N–H and O–H groups in total. The molecule has 0 aliphatic heterocycles. The average Bonchev–Trinajstić information content (AvgIpc) is 2.92. The first kappa shape index (κ1) is 33.1. The molecule has 0 saturated carbocycles. The summed E-state index contributed by atoms with van der Waals surface area (Å²) in [6.45, 7) is 3.92. The van der Waals surface area contributed by atoms with E-state index < -0.39 is 60.1 Å². The van der Waals surface area contributed by atoms with Crippen LogP contribution < -0.4 is 20.1 Å². The van der Waals surface area contributed by atoms with Gasteiger partial charge in [-0.05, 0) is 48.5 Å². The maximum absolute atomic E-state index is 13.4. The smallest absolute Gasteiger partial charge is 0.303 e. The van der Waals surface area contributed by atoms with E-state index in [1.165, 1.54) is 38.5 Å². The second-order valence-corrected chi connectivity index (χ2v) is 8.64. The number of nitrogens with one attached hydrogen (secondary N) is 2. The van der Waals surface area contributed by atoms with Gasteiger partial charge in [-0.2, -0.15) is 0 Å². The van der Waals surface area contributed by atoms with Gasteiger partial charge in [-0.15, -0.1) is 0 Å². The second kappa shape index (κ2) is 15.6. The minimum absolute atomic E-state index is 0.234. The molecule has 2 aromatic rings. The molecule has 2 rings (SSSR count). The molecule has 0 radical (unpaired) electrons. The highest BCUT2D eigenvalue weighted by Gasteiger charge is 2.49. The van der Waals surface area contributed by atoms with Crippen LogP contribution in [0.2, 0.25) is 0 Å². The lowest BCUT2D eigenvalue weighted by Gasteiger charge is -2.34. The monoisotopic (exact) mass is 588 g/mol. The van der Waals surface area contributed by atoms with Gasteiger partial charge in [-0.25, -0.2) is 0 Å². The molecule has 0 spiro atoms. The zero-order chi connectivity index (χ0) is 31.4. The number of esters is 4. The molecule has 0 saturated heterocycles. The van der Waals surface area contributed by atoms with Crippen molar-refractivity contribution in [2.75, 3.05) is 24.9 Å². The van der Waals surface area contributed by atoms with Crippen molar-refractivity contribution < 1.29 is 57.2 Å². The first-order valence-electron chi connectivity index (χ1n) is 12.4. The Morgan fingerprint density at radius 3 is 1.02 bits per heavy atom. The van der Waals surface area contributed by atoms with Gasteiger partial charge < -0.3 is 39.1 Å². The normalized spacial score (nSPS) is 13.2. The van der Waals surface area contributed by atoms with Gasteiger partial charge in [0.15, 0.2) is 12.2 Å². The molecule has 0 aliphatic carbocycles. The lowest BCUT2D eigenvalue weighted by molar-refractivity contribution is -0.198. The van der Waals surface area contributed by atoms with E-state index in [1.807, 2.05) is 0 Å². The van der Waals surface area contributed by atoms with Gasteiger partial charge >= 0.3 is 23.9 Å². The molecule has 4 atom stereocenters. The van der Waals surface area contributed by atoms with Crippen LogP contribution in [0.15, 0.2) is 48.5 Å². The predicted octanol–water partition coefficient (Wildman–Crippen LogP) is 2.01. The number of benzene rings is 2. The number of rotatable bonds is 13. The fourth-order valence-corrected chi connectivity index (χ4v) is 3.66. The number of hydrogen-bond acceptors (Lipinski definition) is 12. The Bertz CT molecular complexity index is 1180. The molecule has 0 bridgehead atoms. The average molecular weight is 589 g/mol. The zero-order valence-electron chi connectivity index (χ0n) is 23.8. The van der Waals surface area contributed by atoms with Crippen LogP contribution in [0.3, 0.4) is 0 Å². The number of methoxy groups -OCH3 is 2. The highest BCUT2D eigenvalue weighted by Crippen LogP contribution is 2.24. The van der Waals surface area contributed by atoms with Crippen molar-refractivity contribution in [2.24, 2.45) is 0 Å². The standard InChI is InChI=1S/C28H32N2O12/c1-15(31)39-23(25(41-17(3)33)27(35)29-19-7-11-21(37-5)12-8-19)24(40-16(2)32)26(42-18(4)34)28(36)30-20-9-13-22(38-6)14-10-20/h7-14,23-26H,1-6H3,(H,29,35)(H,30,36)/t23-,24-,25-,26+/m1/s1. The first-order valence-corrected chi connectivity index (χ1v) is 12.4. The van der Waals surface area contributed by atoms with E-state index >= 15 is 0 Å². The van der Waals surface area contributed by atoms with Gasteiger partial charge in [0.05, 0.1) is 14.2 Å². The quantitative estimate of drug-likeness (QED) is 0.257. The number of hydrogen-bond donors (Lipinski definition) is 2. The third-order valence-electron chi connectivity index (χ3n) is 5.34. The second-order valence-electron chi connectivity index (χ2n) is 8.64. The summed E-state index contributed by atoms with van der Waals surface area (Å²) in [6.07, 6.45) is -7.88. The molecule has 226 valence electrons. The van der Waals surface area contributed by atoms with Crippen molar-refractivity contribution in [3.05, 3.63) is 48.5 Å². The van der Waals surface area contributed by atoms with Gasteiger partial charge in [0.25, 0.3) is 11.8 Å². The number of amides is 2. The number of carbonyl (C=O) groups excluding carboxylic acids is 6. The minimum Gasteiger partial charge on any atom is -0.497 e. The molecule has 0 unspecified atom stereocenters. The molecular formula is C28H32N2O12. The summed E-state index contributed by atoms with van der Waals surface area (Å²) in [5, 5.41) is 4.99. The van der Waals surface area contributed by atoms with Crippen molar-refractivity contribution in [1.82, 2.24) is 0 Å². The van der Waals surface area contributed by atoms with E-state index in [-0.39, 0.29) is 11.4 Å². The van der Waals surface area contributed by atoms with Gasteiger partial charge in [-0.3, -0.25) is 28.8 Å². The summed E-state index contributed by atoms with van der Waals surface area (Å²) in [5.74, 6) is -5.00. The van der Waals surface area contributed by atoms with Crippen LogP contribution in [0.1, 0.15) is 27.7 Å². The van der Waals surface area contributed by atoms with E-state index in [9.17, 15) is 28.8 Å². The highest BCUT2D eigenvalue weighted by atomic mass is 16.6. The lowest BCUT2D eigenvalue weighted by Crippen LogP contribution is -2.57.